The number of hydrogen-bond donors (Lipinski definition) is 1. The van der Waals surface area contributed by atoms with Gasteiger partial charge in [0.2, 0.25) is 0 Å². The first-order chi connectivity index (χ1) is 13.5. The van der Waals surface area contributed by atoms with E-state index in [0.29, 0.717) is 23.6 Å². The molecule has 5 heteroatoms. The summed E-state index contributed by atoms with van der Waals surface area (Å²) in [5.74, 6) is 0.00907. The highest BCUT2D eigenvalue weighted by Crippen LogP contribution is 2.23. The van der Waals surface area contributed by atoms with Crippen LogP contribution in [0.4, 0.5) is 10.1 Å². The number of anilines is 1. The van der Waals surface area contributed by atoms with Crippen molar-refractivity contribution in [2.24, 2.45) is 0 Å². The third-order valence-electron chi connectivity index (χ3n) is 4.54. The van der Waals surface area contributed by atoms with Gasteiger partial charge in [-0.1, -0.05) is 18.2 Å². The third-order valence-corrected chi connectivity index (χ3v) is 4.54. The number of fused-ring (bicyclic) bond motifs is 1. The summed E-state index contributed by atoms with van der Waals surface area (Å²) in [6.45, 7) is 4.06. The SMILES string of the molecule is Cc1cc(C)c2oc(Cc3ccc(NC(=O)c4ccc(F)cc4)cc3)nc2c1. The number of aryl methyl sites for hydroxylation is 2. The highest BCUT2D eigenvalue weighted by molar-refractivity contribution is 6.04. The predicted molar refractivity (Wildman–Crippen MR) is 107 cm³/mol. The molecule has 0 aliphatic carbocycles. The van der Waals surface area contributed by atoms with Crippen molar-refractivity contribution < 1.29 is 13.6 Å². The molecule has 140 valence electrons. The number of hydrogen-bond acceptors (Lipinski definition) is 3. The molecule has 0 saturated heterocycles. The lowest BCUT2D eigenvalue weighted by Gasteiger charge is -2.06. The monoisotopic (exact) mass is 374 g/mol. The van der Waals surface area contributed by atoms with E-state index in [1.54, 1.807) is 0 Å². The van der Waals surface area contributed by atoms with E-state index in [9.17, 15) is 9.18 Å². The summed E-state index contributed by atoms with van der Waals surface area (Å²) in [5.41, 5.74) is 6.03. The molecular weight excluding hydrogens is 355 g/mol. The molecule has 4 aromatic rings. The number of nitrogens with one attached hydrogen (secondary N) is 1. The zero-order chi connectivity index (χ0) is 19.7. The van der Waals surface area contributed by atoms with Crippen molar-refractivity contribution in [3.63, 3.8) is 0 Å². The topological polar surface area (TPSA) is 55.1 Å². The maximum atomic E-state index is 13.0. The summed E-state index contributed by atoms with van der Waals surface area (Å²) < 4.78 is 18.9. The largest absolute Gasteiger partial charge is 0.440 e. The zero-order valence-electron chi connectivity index (χ0n) is 15.6. The molecule has 0 aliphatic heterocycles. The second-order valence-electron chi connectivity index (χ2n) is 6.87. The van der Waals surface area contributed by atoms with Gasteiger partial charge in [-0.3, -0.25) is 4.79 Å². The highest BCUT2D eigenvalue weighted by atomic mass is 19.1. The van der Waals surface area contributed by atoms with E-state index in [0.717, 1.165) is 27.8 Å². The Bertz CT molecular complexity index is 1150. The fourth-order valence-electron chi connectivity index (χ4n) is 3.18. The van der Waals surface area contributed by atoms with E-state index >= 15 is 0 Å². The lowest BCUT2D eigenvalue weighted by Crippen LogP contribution is -2.11. The molecule has 0 spiro atoms. The summed E-state index contributed by atoms with van der Waals surface area (Å²) in [6, 6.07) is 17.0. The third kappa shape index (κ3) is 3.78. The Morgan fingerprint density at radius 2 is 1.75 bits per heavy atom. The second kappa shape index (κ2) is 7.27. The summed E-state index contributed by atoms with van der Waals surface area (Å²) in [4.78, 5) is 16.8. The van der Waals surface area contributed by atoms with Crippen molar-refractivity contribution >= 4 is 22.7 Å². The van der Waals surface area contributed by atoms with Crippen LogP contribution in [0.3, 0.4) is 0 Å². The molecule has 0 fully saturated rings. The highest BCUT2D eigenvalue weighted by Gasteiger charge is 2.10. The van der Waals surface area contributed by atoms with Crippen LogP contribution in [0.25, 0.3) is 11.1 Å². The van der Waals surface area contributed by atoms with Gasteiger partial charge in [0.05, 0.1) is 0 Å². The molecule has 0 aliphatic rings. The normalized spacial score (nSPS) is 11.0. The number of aromatic nitrogens is 1. The summed E-state index contributed by atoms with van der Waals surface area (Å²) >= 11 is 0. The molecule has 4 rings (SSSR count). The van der Waals surface area contributed by atoms with E-state index in [4.69, 9.17) is 4.42 Å². The van der Waals surface area contributed by atoms with Gasteiger partial charge >= 0.3 is 0 Å². The van der Waals surface area contributed by atoms with Crippen LogP contribution in [0.1, 0.15) is 32.9 Å². The van der Waals surface area contributed by atoms with Gasteiger partial charge in [0.1, 0.15) is 11.3 Å². The number of benzene rings is 3. The predicted octanol–water partition coefficient (Wildman–Crippen LogP) is 5.43. The van der Waals surface area contributed by atoms with Gasteiger partial charge in [-0.15, -0.1) is 0 Å². The summed E-state index contributed by atoms with van der Waals surface area (Å²) in [7, 11) is 0. The first kappa shape index (κ1) is 17.9. The Hall–Kier alpha value is -3.47. The standard InChI is InChI=1S/C23H19FN2O2/c1-14-11-15(2)22-20(12-14)26-21(28-22)13-16-3-9-19(10-4-16)25-23(27)17-5-7-18(24)8-6-17/h3-12H,13H2,1-2H3,(H,25,27). The van der Waals surface area contributed by atoms with E-state index in [1.807, 2.05) is 44.2 Å². The minimum absolute atomic E-state index is 0.280. The van der Waals surface area contributed by atoms with Crippen LogP contribution in [-0.4, -0.2) is 10.9 Å². The van der Waals surface area contributed by atoms with Gasteiger partial charge in [0.15, 0.2) is 11.5 Å². The average Bonchev–Trinajstić information content (AvgIpc) is 3.06. The molecule has 0 saturated carbocycles. The Balaban J connectivity index is 1.47. The Kier molecular flexibility index (Phi) is 4.65. The van der Waals surface area contributed by atoms with Crippen LogP contribution in [0.2, 0.25) is 0 Å². The van der Waals surface area contributed by atoms with Crippen molar-refractivity contribution in [2.45, 2.75) is 20.3 Å². The maximum Gasteiger partial charge on any atom is 0.255 e. The fraction of sp³-hybridized carbons (Fsp3) is 0.130. The number of oxazole rings is 1. The molecule has 0 radical (unpaired) electrons. The van der Waals surface area contributed by atoms with Crippen LogP contribution >= 0.6 is 0 Å². The van der Waals surface area contributed by atoms with E-state index < -0.39 is 0 Å². The van der Waals surface area contributed by atoms with Crippen molar-refractivity contribution in [2.75, 3.05) is 5.32 Å². The number of amides is 1. The zero-order valence-corrected chi connectivity index (χ0v) is 15.6. The van der Waals surface area contributed by atoms with Gasteiger partial charge in [-0.05, 0) is 73.0 Å². The van der Waals surface area contributed by atoms with E-state index in [-0.39, 0.29) is 11.7 Å². The minimum atomic E-state index is -0.370. The molecule has 0 unspecified atom stereocenters. The van der Waals surface area contributed by atoms with E-state index in [1.165, 1.54) is 24.3 Å². The number of carbonyl (C=O) groups excluding carboxylic acids is 1. The van der Waals surface area contributed by atoms with Crippen molar-refractivity contribution in [1.82, 2.24) is 4.98 Å². The van der Waals surface area contributed by atoms with Crippen molar-refractivity contribution in [3.8, 4) is 0 Å². The molecule has 4 nitrogen and oxygen atoms in total. The smallest absolute Gasteiger partial charge is 0.255 e. The molecule has 1 aromatic heterocycles. The summed E-state index contributed by atoms with van der Waals surface area (Å²) in [5, 5.41) is 2.80. The lowest BCUT2D eigenvalue weighted by atomic mass is 10.1. The minimum Gasteiger partial charge on any atom is -0.440 e. The van der Waals surface area contributed by atoms with Gasteiger partial charge in [0.25, 0.3) is 5.91 Å². The number of halogens is 1. The van der Waals surface area contributed by atoms with Gasteiger partial charge in [-0.2, -0.15) is 0 Å². The van der Waals surface area contributed by atoms with Gasteiger partial charge < -0.3 is 9.73 Å². The Labute approximate surface area is 162 Å². The Morgan fingerprint density at radius 1 is 1.04 bits per heavy atom. The quantitative estimate of drug-likeness (QED) is 0.518. The molecule has 1 heterocycles. The van der Waals surface area contributed by atoms with Crippen LogP contribution < -0.4 is 5.32 Å². The molecule has 3 aromatic carbocycles. The van der Waals surface area contributed by atoms with Gasteiger partial charge in [-0.25, -0.2) is 9.37 Å². The van der Waals surface area contributed by atoms with Crippen molar-refractivity contribution in [3.05, 3.63) is 94.6 Å². The van der Waals surface area contributed by atoms with Crippen LogP contribution in [0.15, 0.2) is 65.1 Å². The molecule has 1 N–H and O–H groups in total. The second-order valence-corrected chi connectivity index (χ2v) is 6.87. The van der Waals surface area contributed by atoms with E-state index in [2.05, 4.69) is 16.4 Å². The molecule has 0 bridgehead atoms. The first-order valence-corrected chi connectivity index (χ1v) is 9.00. The number of carbonyl (C=O) groups is 1. The number of nitrogens with zero attached hydrogens (tertiary/aromatic N) is 1. The van der Waals surface area contributed by atoms with Crippen LogP contribution in [0, 0.1) is 19.7 Å². The molecule has 0 atom stereocenters. The number of rotatable bonds is 4. The fourth-order valence-corrected chi connectivity index (χ4v) is 3.18. The maximum absolute atomic E-state index is 13.0. The van der Waals surface area contributed by atoms with Crippen LogP contribution in [-0.2, 0) is 6.42 Å². The average molecular weight is 374 g/mol. The Morgan fingerprint density at radius 3 is 2.46 bits per heavy atom. The van der Waals surface area contributed by atoms with Gasteiger partial charge in [0, 0.05) is 17.7 Å². The molecule has 1 amide bonds. The first-order valence-electron chi connectivity index (χ1n) is 9.00. The molecule has 28 heavy (non-hydrogen) atoms. The van der Waals surface area contributed by atoms with Crippen molar-refractivity contribution in [1.29, 1.82) is 0 Å². The van der Waals surface area contributed by atoms with Crippen LogP contribution in [0.5, 0.6) is 0 Å². The lowest BCUT2D eigenvalue weighted by molar-refractivity contribution is 0.102. The molecular formula is C23H19FN2O2. The summed E-state index contributed by atoms with van der Waals surface area (Å²) in [6.07, 6.45) is 0.569.